The summed E-state index contributed by atoms with van der Waals surface area (Å²) >= 11 is 0. The molecule has 0 aliphatic heterocycles. The molecule has 3 nitrogen and oxygen atoms in total. The third-order valence-corrected chi connectivity index (χ3v) is 1.25. The molecule has 11 heavy (non-hydrogen) atoms. The fraction of sp³-hybridized carbons (Fsp3) is 0.125. The summed E-state index contributed by atoms with van der Waals surface area (Å²) in [5.74, 6) is -0.0155. The second kappa shape index (κ2) is 3.05. The van der Waals surface area contributed by atoms with Crippen LogP contribution >= 0.6 is 0 Å². The first-order valence-electron chi connectivity index (χ1n) is 3.22. The molecule has 0 fully saturated rings. The van der Waals surface area contributed by atoms with Crippen molar-refractivity contribution in [1.82, 2.24) is 4.57 Å². The molecule has 58 valence electrons. The van der Waals surface area contributed by atoms with E-state index in [9.17, 15) is 4.79 Å². The van der Waals surface area contributed by atoms with Crippen molar-refractivity contribution in [1.29, 1.82) is 0 Å². The number of hydrogen-bond donors (Lipinski definition) is 1. The number of aliphatic hydroxyl groups is 1. The highest BCUT2D eigenvalue weighted by molar-refractivity contribution is 4.95. The van der Waals surface area contributed by atoms with Crippen molar-refractivity contribution in [3.8, 4) is 0 Å². The fourth-order valence-corrected chi connectivity index (χ4v) is 0.788. The van der Waals surface area contributed by atoms with E-state index in [4.69, 9.17) is 5.11 Å². The van der Waals surface area contributed by atoms with Gasteiger partial charge >= 0.3 is 0 Å². The predicted molar refractivity (Wildman–Crippen MR) is 42.5 cm³/mol. The van der Waals surface area contributed by atoms with Crippen molar-refractivity contribution in [3.63, 3.8) is 0 Å². The molecule has 1 heterocycles. The first-order valence-corrected chi connectivity index (χ1v) is 3.22. The highest BCUT2D eigenvalue weighted by Gasteiger charge is 1.93. The summed E-state index contributed by atoms with van der Waals surface area (Å²) in [6, 6.07) is 4.81. The Morgan fingerprint density at radius 3 is 2.91 bits per heavy atom. The molecule has 0 aliphatic carbocycles. The van der Waals surface area contributed by atoms with Crippen LogP contribution in [0, 0.1) is 0 Å². The van der Waals surface area contributed by atoms with Crippen LogP contribution in [0.1, 0.15) is 0 Å². The lowest BCUT2D eigenvalue weighted by molar-refractivity contribution is 0.376. The number of aliphatic hydroxyl groups excluding tert-OH is 1. The maximum Gasteiger partial charge on any atom is 0.250 e. The summed E-state index contributed by atoms with van der Waals surface area (Å²) in [6.45, 7) is 3.45. The normalized spacial score (nSPS) is 9.45. The maximum atomic E-state index is 11.0. The minimum Gasteiger partial charge on any atom is -0.511 e. The summed E-state index contributed by atoms with van der Waals surface area (Å²) in [7, 11) is 0. The number of nitrogens with zero attached hydrogens (tertiary/aromatic N) is 1. The van der Waals surface area contributed by atoms with Gasteiger partial charge in [-0.25, -0.2) is 0 Å². The van der Waals surface area contributed by atoms with Gasteiger partial charge in [-0.3, -0.25) is 4.79 Å². The molecule has 1 aromatic heterocycles. The van der Waals surface area contributed by atoms with Gasteiger partial charge in [0.15, 0.2) is 0 Å². The standard InChI is InChI=1S/C8H9NO2/c1-7(10)6-9-5-3-2-4-8(9)11/h2-5,10H,1,6H2. The lowest BCUT2D eigenvalue weighted by Gasteiger charge is -2.01. The van der Waals surface area contributed by atoms with Crippen LogP contribution in [0.4, 0.5) is 0 Å². The summed E-state index contributed by atoms with van der Waals surface area (Å²) < 4.78 is 1.38. The molecule has 3 heteroatoms. The molecule has 0 amide bonds. The van der Waals surface area contributed by atoms with Crippen LogP contribution in [-0.2, 0) is 6.54 Å². The molecule has 0 bridgehead atoms. The highest BCUT2D eigenvalue weighted by atomic mass is 16.3. The molecule has 0 saturated carbocycles. The molecule has 1 aromatic rings. The second-order valence-electron chi connectivity index (χ2n) is 2.23. The Balaban J connectivity index is 2.95. The second-order valence-corrected chi connectivity index (χ2v) is 2.23. The number of pyridine rings is 1. The summed E-state index contributed by atoms with van der Waals surface area (Å²) in [4.78, 5) is 11.0. The van der Waals surface area contributed by atoms with Crippen molar-refractivity contribution in [2.24, 2.45) is 0 Å². The van der Waals surface area contributed by atoms with Gasteiger partial charge in [0.05, 0.1) is 6.54 Å². The van der Waals surface area contributed by atoms with Crippen LogP contribution < -0.4 is 5.56 Å². The number of allylic oxidation sites excluding steroid dienone is 1. The maximum absolute atomic E-state index is 11.0. The Kier molecular flexibility index (Phi) is 2.11. The first kappa shape index (κ1) is 7.60. The monoisotopic (exact) mass is 151 g/mol. The minimum absolute atomic E-state index is 0.0155. The Hall–Kier alpha value is -1.51. The number of aromatic nitrogens is 1. The molecule has 1 rings (SSSR count). The molecular weight excluding hydrogens is 142 g/mol. The van der Waals surface area contributed by atoms with E-state index in [-0.39, 0.29) is 17.9 Å². The zero-order valence-corrected chi connectivity index (χ0v) is 6.03. The fourth-order valence-electron chi connectivity index (χ4n) is 0.788. The van der Waals surface area contributed by atoms with Gasteiger partial charge in [-0.15, -0.1) is 0 Å². The zero-order chi connectivity index (χ0) is 8.27. The molecule has 0 aliphatic rings. The molecule has 0 aromatic carbocycles. The average molecular weight is 151 g/mol. The van der Waals surface area contributed by atoms with Crippen LogP contribution in [0.3, 0.4) is 0 Å². The first-order chi connectivity index (χ1) is 5.20. The van der Waals surface area contributed by atoms with Gasteiger partial charge in [0.25, 0.3) is 5.56 Å². The van der Waals surface area contributed by atoms with E-state index in [0.717, 1.165) is 0 Å². The van der Waals surface area contributed by atoms with Gasteiger partial charge in [0.1, 0.15) is 5.76 Å². The van der Waals surface area contributed by atoms with Crippen LogP contribution in [0.25, 0.3) is 0 Å². The van der Waals surface area contributed by atoms with E-state index in [1.165, 1.54) is 10.6 Å². The van der Waals surface area contributed by atoms with Crippen LogP contribution in [0.5, 0.6) is 0 Å². The number of rotatable bonds is 2. The predicted octanol–water partition coefficient (Wildman–Crippen LogP) is 0.920. The molecule has 0 saturated heterocycles. The van der Waals surface area contributed by atoms with Crippen molar-refractivity contribution in [2.45, 2.75) is 6.54 Å². The Bertz CT molecular complexity index is 314. The zero-order valence-electron chi connectivity index (χ0n) is 6.03. The minimum atomic E-state index is -0.136. The molecule has 0 radical (unpaired) electrons. The van der Waals surface area contributed by atoms with Crippen molar-refractivity contribution < 1.29 is 5.11 Å². The molecule has 0 spiro atoms. The van der Waals surface area contributed by atoms with Crippen LogP contribution in [0.15, 0.2) is 41.5 Å². The van der Waals surface area contributed by atoms with Crippen molar-refractivity contribution in [2.75, 3.05) is 0 Å². The van der Waals surface area contributed by atoms with Crippen LogP contribution in [-0.4, -0.2) is 9.67 Å². The van der Waals surface area contributed by atoms with Crippen molar-refractivity contribution in [3.05, 3.63) is 47.1 Å². The molecular formula is C8H9NO2. The van der Waals surface area contributed by atoms with E-state index in [1.54, 1.807) is 18.3 Å². The average Bonchev–Trinajstić information content (AvgIpc) is 1.93. The third-order valence-electron chi connectivity index (χ3n) is 1.25. The Morgan fingerprint density at radius 2 is 2.36 bits per heavy atom. The molecule has 0 atom stereocenters. The van der Waals surface area contributed by atoms with E-state index in [0.29, 0.717) is 0 Å². The Labute approximate surface area is 64.2 Å². The van der Waals surface area contributed by atoms with Gasteiger partial charge in [0, 0.05) is 12.3 Å². The largest absolute Gasteiger partial charge is 0.511 e. The van der Waals surface area contributed by atoms with E-state index in [1.807, 2.05) is 0 Å². The van der Waals surface area contributed by atoms with E-state index in [2.05, 4.69) is 6.58 Å². The van der Waals surface area contributed by atoms with Crippen LogP contribution in [0.2, 0.25) is 0 Å². The van der Waals surface area contributed by atoms with Gasteiger partial charge in [-0.1, -0.05) is 12.6 Å². The topological polar surface area (TPSA) is 42.2 Å². The Morgan fingerprint density at radius 1 is 1.64 bits per heavy atom. The summed E-state index contributed by atoms with van der Waals surface area (Å²) in [5, 5.41) is 8.78. The number of hydrogen-bond acceptors (Lipinski definition) is 2. The lowest BCUT2D eigenvalue weighted by Crippen LogP contribution is -2.18. The molecule has 0 unspecified atom stereocenters. The van der Waals surface area contributed by atoms with Gasteiger partial charge < -0.3 is 9.67 Å². The van der Waals surface area contributed by atoms with E-state index < -0.39 is 0 Å². The summed E-state index contributed by atoms with van der Waals surface area (Å²) in [6.07, 6.45) is 1.60. The van der Waals surface area contributed by atoms with Gasteiger partial charge in [0.2, 0.25) is 0 Å². The SMILES string of the molecule is C=C(O)Cn1ccccc1=O. The smallest absolute Gasteiger partial charge is 0.250 e. The molecule has 1 N–H and O–H groups in total. The quantitative estimate of drug-likeness (QED) is 0.638. The van der Waals surface area contributed by atoms with Gasteiger partial charge in [-0.05, 0) is 6.07 Å². The highest BCUT2D eigenvalue weighted by Crippen LogP contribution is 1.88. The van der Waals surface area contributed by atoms with Gasteiger partial charge in [-0.2, -0.15) is 0 Å². The lowest BCUT2D eigenvalue weighted by atomic mass is 10.4. The van der Waals surface area contributed by atoms with Crippen molar-refractivity contribution >= 4 is 0 Å². The summed E-state index contributed by atoms with van der Waals surface area (Å²) in [5.41, 5.74) is -0.136. The van der Waals surface area contributed by atoms with E-state index >= 15 is 0 Å². The third kappa shape index (κ3) is 1.97.